The van der Waals surface area contributed by atoms with Crippen molar-refractivity contribution in [2.75, 3.05) is 11.4 Å². The van der Waals surface area contributed by atoms with Crippen molar-refractivity contribution in [2.24, 2.45) is 0 Å². The lowest BCUT2D eigenvalue weighted by Gasteiger charge is -2.28. The first-order chi connectivity index (χ1) is 13.8. The summed E-state index contributed by atoms with van der Waals surface area (Å²) in [5.74, 6) is 0.265. The van der Waals surface area contributed by atoms with Gasteiger partial charge < -0.3 is 4.90 Å². The van der Waals surface area contributed by atoms with Crippen LogP contribution in [0.1, 0.15) is 26.4 Å². The van der Waals surface area contributed by atoms with E-state index >= 15 is 0 Å². The van der Waals surface area contributed by atoms with Gasteiger partial charge in [-0.25, -0.2) is 9.78 Å². The van der Waals surface area contributed by atoms with Gasteiger partial charge in [-0.3, -0.25) is 4.57 Å². The molecule has 0 amide bonds. The number of rotatable bonds is 3. The highest BCUT2D eigenvalue weighted by Gasteiger charge is 2.32. The smallest absolute Gasteiger partial charge is 0.336 e. The Labute approximate surface area is 167 Å². The zero-order valence-corrected chi connectivity index (χ0v) is 15.8. The van der Waals surface area contributed by atoms with Crippen molar-refractivity contribution in [3.05, 3.63) is 73.6 Å². The van der Waals surface area contributed by atoms with Gasteiger partial charge in [-0.05, 0) is 41.8 Å². The maximum Gasteiger partial charge on any atom is 0.425 e. The minimum absolute atomic E-state index is 0.0196. The Kier molecular flexibility index (Phi) is 4.84. The minimum atomic E-state index is -4.40. The molecule has 0 unspecified atom stereocenters. The van der Waals surface area contributed by atoms with E-state index in [9.17, 15) is 18.0 Å². The summed E-state index contributed by atoms with van der Waals surface area (Å²) in [5, 5.41) is 9.06. The summed E-state index contributed by atoms with van der Waals surface area (Å²) in [4.78, 5) is 22.1. The van der Waals surface area contributed by atoms with Crippen LogP contribution >= 0.6 is 11.3 Å². The third kappa shape index (κ3) is 4.00. The van der Waals surface area contributed by atoms with Crippen LogP contribution < -0.4 is 10.6 Å². The first kappa shape index (κ1) is 19.1. The van der Waals surface area contributed by atoms with Crippen LogP contribution in [0.5, 0.6) is 0 Å². The van der Waals surface area contributed by atoms with Crippen LogP contribution in [0.15, 0.2) is 41.5 Å². The van der Waals surface area contributed by atoms with Gasteiger partial charge in [-0.2, -0.15) is 23.4 Å². The van der Waals surface area contributed by atoms with E-state index < -0.39 is 16.7 Å². The first-order valence-corrected chi connectivity index (χ1v) is 9.51. The number of anilines is 1. The number of halogens is 3. The SMILES string of the molecule is N#Cc1ccc2c(c1)CN(c1ncn(Cc3ccc(C(F)(F)F)s3)c(=O)n1)CC2. The van der Waals surface area contributed by atoms with Crippen molar-refractivity contribution in [1.82, 2.24) is 14.5 Å². The average molecular weight is 417 g/mol. The van der Waals surface area contributed by atoms with Crippen molar-refractivity contribution in [3.8, 4) is 6.07 Å². The Morgan fingerprint density at radius 3 is 2.72 bits per heavy atom. The molecule has 0 bridgehead atoms. The van der Waals surface area contributed by atoms with E-state index in [1.807, 2.05) is 17.0 Å². The number of fused-ring (bicyclic) bond motifs is 1. The molecular weight excluding hydrogens is 403 g/mol. The highest BCUT2D eigenvalue weighted by molar-refractivity contribution is 7.12. The molecule has 4 rings (SSSR count). The molecule has 0 fully saturated rings. The number of nitrogens with zero attached hydrogens (tertiary/aromatic N) is 5. The fraction of sp³-hybridized carbons (Fsp3) is 0.263. The predicted molar refractivity (Wildman–Crippen MR) is 101 cm³/mol. The van der Waals surface area contributed by atoms with Crippen LogP contribution in [0.4, 0.5) is 19.1 Å². The van der Waals surface area contributed by atoms with Gasteiger partial charge in [0.15, 0.2) is 0 Å². The lowest BCUT2D eigenvalue weighted by atomic mass is 9.98. The molecule has 3 aromatic rings. The largest absolute Gasteiger partial charge is 0.425 e. The molecule has 1 aromatic carbocycles. The minimum Gasteiger partial charge on any atom is -0.336 e. The summed E-state index contributed by atoms with van der Waals surface area (Å²) in [6.07, 6.45) is -2.36. The van der Waals surface area contributed by atoms with Gasteiger partial charge in [0.2, 0.25) is 5.95 Å². The van der Waals surface area contributed by atoms with E-state index in [-0.39, 0.29) is 12.5 Å². The zero-order chi connectivity index (χ0) is 20.6. The molecule has 1 aliphatic rings. The maximum absolute atomic E-state index is 12.7. The number of nitriles is 1. The van der Waals surface area contributed by atoms with Crippen LogP contribution in [0.25, 0.3) is 0 Å². The molecule has 3 heterocycles. The van der Waals surface area contributed by atoms with Crippen molar-refractivity contribution >= 4 is 17.3 Å². The second-order valence-corrected chi connectivity index (χ2v) is 7.77. The number of thiophene rings is 1. The summed E-state index contributed by atoms with van der Waals surface area (Å²) in [6, 6.07) is 9.99. The van der Waals surface area contributed by atoms with E-state index in [2.05, 4.69) is 16.0 Å². The monoisotopic (exact) mass is 417 g/mol. The second kappa shape index (κ2) is 7.33. The van der Waals surface area contributed by atoms with Gasteiger partial charge >= 0.3 is 11.9 Å². The van der Waals surface area contributed by atoms with Crippen molar-refractivity contribution in [3.63, 3.8) is 0 Å². The molecule has 0 atom stereocenters. The summed E-state index contributed by atoms with van der Waals surface area (Å²) < 4.78 is 39.4. The Bertz CT molecular complexity index is 1160. The van der Waals surface area contributed by atoms with Gasteiger partial charge in [0.25, 0.3) is 0 Å². The van der Waals surface area contributed by atoms with E-state index in [1.165, 1.54) is 17.0 Å². The number of hydrogen-bond acceptors (Lipinski definition) is 6. The van der Waals surface area contributed by atoms with Crippen molar-refractivity contribution in [1.29, 1.82) is 5.26 Å². The van der Waals surface area contributed by atoms with Crippen LogP contribution in [-0.2, 0) is 25.7 Å². The summed E-state index contributed by atoms with van der Waals surface area (Å²) in [7, 11) is 0. The molecule has 0 saturated heterocycles. The second-order valence-electron chi connectivity index (χ2n) is 6.60. The molecule has 148 valence electrons. The molecule has 0 N–H and O–H groups in total. The maximum atomic E-state index is 12.7. The number of alkyl halides is 3. The molecule has 1 aliphatic heterocycles. The molecule has 0 aliphatic carbocycles. The van der Waals surface area contributed by atoms with Gasteiger partial charge in [0.1, 0.15) is 11.2 Å². The van der Waals surface area contributed by atoms with Gasteiger partial charge in [0.05, 0.1) is 18.2 Å². The predicted octanol–water partition coefficient (Wildman–Crippen LogP) is 3.20. The zero-order valence-electron chi connectivity index (χ0n) is 15.0. The average Bonchev–Trinajstić information content (AvgIpc) is 3.18. The lowest BCUT2D eigenvalue weighted by Crippen LogP contribution is -2.35. The third-order valence-electron chi connectivity index (χ3n) is 4.65. The molecule has 0 saturated carbocycles. The fourth-order valence-electron chi connectivity index (χ4n) is 3.19. The Morgan fingerprint density at radius 1 is 1.21 bits per heavy atom. The van der Waals surface area contributed by atoms with Gasteiger partial charge in [0, 0.05) is 18.0 Å². The molecule has 0 radical (unpaired) electrons. The lowest BCUT2D eigenvalue weighted by molar-refractivity contribution is -0.134. The van der Waals surface area contributed by atoms with Crippen LogP contribution in [0, 0.1) is 11.3 Å². The number of benzene rings is 1. The molecular formula is C19H14F3N5OS. The molecule has 29 heavy (non-hydrogen) atoms. The Balaban J connectivity index is 1.52. The van der Waals surface area contributed by atoms with Crippen LogP contribution in [0.3, 0.4) is 0 Å². The number of aromatic nitrogens is 3. The number of hydrogen-bond donors (Lipinski definition) is 0. The van der Waals surface area contributed by atoms with E-state index in [0.717, 1.165) is 23.6 Å². The highest BCUT2D eigenvalue weighted by atomic mass is 32.1. The van der Waals surface area contributed by atoms with E-state index in [4.69, 9.17) is 5.26 Å². The van der Waals surface area contributed by atoms with Gasteiger partial charge in [-0.15, -0.1) is 11.3 Å². The molecule has 10 heteroatoms. The molecule has 0 spiro atoms. The topological polar surface area (TPSA) is 74.8 Å². The standard InChI is InChI=1S/C19H14F3N5OS/c20-19(21,22)16-4-3-15(29-16)10-27-11-24-17(25-18(27)28)26-6-5-13-2-1-12(8-23)7-14(13)9-26/h1-4,7,11H,5-6,9-10H2. The normalized spacial score (nSPS) is 13.8. The highest BCUT2D eigenvalue weighted by Crippen LogP contribution is 2.34. The molecule has 2 aromatic heterocycles. The van der Waals surface area contributed by atoms with Crippen LogP contribution in [-0.4, -0.2) is 21.1 Å². The third-order valence-corrected chi connectivity index (χ3v) is 5.77. The Morgan fingerprint density at radius 2 is 2.03 bits per heavy atom. The van der Waals surface area contributed by atoms with E-state index in [1.54, 1.807) is 6.07 Å². The van der Waals surface area contributed by atoms with Crippen LogP contribution in [0.2, 0.25) is 0 Å². The van der Waals surface area contributed by atoms with Crippen molar-refractivity contribution < 1.29 is 13.2 Å². The van der Waals surface area contributed by atoms with Gasteiger partial charge in [-0.1, -0.05) is 6.07 Å². The Hall–Kier alpha value is -3.19. The molecule has 6 nitrogen and oxygen atoms in total. The van der Waals surface area contributed by atoms with Crippen molar-refractivity contribution in [2.45, 2.75) is 25.7 Å². The summed E-state index contributed by atoms with van der Waals surface area (Å²) in [6.45, 7) is 1.09. The summed E-state index contributed by atoms with van der Waals surface area (Å²) >= 11 is 0.594. The first-order valence-electron chi connectivity index (χ1n) is 8.70. The van der Waals surface area contributed by atoms with E-state index in [0.29, 0.717) is 34.9 Å². The fourth-order valence-corrected chi connectivity index (χ4v) is 4.06. The summed E-state index contributed by atoms with van der Waals surface area (Å²) in [5.41, 5.74) is 2.12. The quantitative estimate of drug-likeness (QED) is 0.654.